The molecule has 8 nitrogen and oxygen atoms in total. The molecule has 3 aromatic carbocycles. The van der Waals surface area contributed by atoms with E-state index >= 15 is 0 Å². The number of benzene rings is 3. The lowest BCUT2D eigenvalue weighted by molar-refractivity contribution is -0.140. The maximum absolute atomic E-state index is 14.4. The first kappa shape index (κ1) is 33.0. The highest BCUT2D eigenvalue weighted by Crippen LogP contribution is 2.33. The fraction of sp³-hybridized carbons (Fsp3) is 0.250. The lowest BCUT2D eigenvalue weighted by Crippen LogP contribution is -2.46. The Kier molecular flexibility index (Phi) is 9.14. The molecule has 0 fully saturated rings. The molecular formula is C32H27Cl2F4N5O3. The van der Waals surface area contributed by atoms with Crippen LogP contribution in [0.25, 0.3) is 5.69 Å². The van der Waals surface area contributed by atoms with Crippen molar-refractivity contribution in [2.75, 3.05) is 12.4 Å². The summed E-state index contributed by atoms with van der Waals surface area (Å²) in [6.07, 6.45) is -4.69. The predicted octanol–water partition coefficient (Wildman–Crippen LogP) is 6.82. The second-order valence-electron chi connectivity index (χ2n) is 10.8. The monoisotopic (exact) mass is 675 g/mol. The zero-order chi connectivity index (χ0) is 33.5. The number of carbonyl (C=O) groups excluding carboxylic acids is 2. The molecule has 0 spiro atoms. The molecule has 240 valence electrons. The third kappa shape index (κ3) is 6.45. The number of carbonyl (C=O) groups is 2. The maximum atomic E-state index is 14.4. The van der Waals surface area contributed by atoms with Gasteiger partial charge in [0.1, 0.15) is 5.82 Å². The Balaban J connectivity index is 1.57. The van der Waals surface area contributed by atoms with Gasteiger partial charge in [0.2, 0.25) is 5.95 Å². The Bertz CT molecular complexity index is 1900. The van der Waals surface area contributed by atoms with Crippen LogP contribution in [0.5, 0.6) is 0 Å². The van der Waals surface area contributed by atoms with Crippen molar-refractivity contribution in [2.45, 2.75) is 45.1 Å². The minimum atomic E-state index is -4.86. The second kappa shape index (κ2) is 12.8. The maximum Gasteiger partial charge on any atom is 0.419 e. The predicted molar refractivity (Wildman–Crippen MR) is 166 cm³/mol. The van der Waals surface area contributed by atoms with Crippen LogP contribution in [-0.4, -0.2) is 39.4 Å². The lowest BCUT2D eigenvalue weighted by Gasteiger charge is -2.35. The number of alkyl halides is 3. The van der Waals surface area contributed by atoms with Crippen LogP contribution in [0, 0.1) is 5.82 Å². The van der Waals surface area contributed by atoms with Gasteiger partial charge in [-0.05, 0) is 80.4 Å². The highest BCUT2D eigenvalue weighted by molar-refractivity contribution is 6.42. The summed E-state index contributed by atoms with van der Waals surface area (Å²) in [4.78, 5) is 46.0. The first-order chi connectivity index (χ1) is 21.7. The van der Waals surface area contributed by atoms with Gasteiger partial charge in [0.15, 0.2) is 0 Å². The average molecular weight is 676 g/mol. The van der Waals surface area contributed by atoms with Crippen LogP contribution in [0.4, 0.5) is 23.5 Å². The van der Waals surface area contributed by atoms with E-state index in [4.69, 9.17) is 28.2 Å². The normalized spacial score (nSPS) is 15.2. The van der Waals surface area contributed by atoms with Crippen LogP contribution in [0.15, 0.2) is 65.5 Å². The second-order valence-corrected chi connectivity index (χ2v) is 11.7. The fourth-order valence-corrected chi connectivity index (χ4v) is 5.57. The first-order valence-electron chi connectivity index (χ1n) is 14.1. The van der Waals surface area contributed by atoms with Gasteiger partial charge in [-0.3, -0.25) is 14.4 Å². The molecule has 0 unspecified atom stereocenters. The molecular weight excluding hydrogens is 649 g/mol. The van der Waals surface area contributed by atoms with Gasteiger partial charge >= 0.3 is 6.18 Å². The number of fused-ring (bicyclic) bond motifs is 1. The molecule has 14 heteroatoms. The van der Waals surface area contributed by atoms with E-state index in [1.165, 1.54) is 35.9 Å². The summed E-state index contributed by atoms with van der Waals surface area (Å²) < 4.78 is 55.2. The Morgan fingerprint density at radius 2 is 1.67 bits per heavy atom. The number of hydrogen-bond acceptors (Lipinski definition) is 5. The minimum absolute atomic E-state index is 0.000684. The molecule has 2 atom stereocenters. The largest absolute Gasteiger partial charge is 0.419 e. The van der Waals surface area contributed by atoms with Crippen LogP contribution in [0.2, 0.25) is 10.0 Å². The van der Waals surface area contributed by atoms with E-state index in [1.807, 2.05) is 0 Å². The molecule has 1 aliphatic rings. The van der Waals surface area contributed by atoms with E-state index in [2.05, 4.69) is 10.6 Å². The number of hydrogen-bond donors (Lipinski definition) is 2. The standard InChI is InChI=1S/C32H27Cl2F4N5O3/c1-16-12-22-27(15-42(16)29(45)20-7-11-24(33)25(34)13-20)41-31(40-17(2)19-6-10-23(26(35)14-19)32(36,37)38)43(30(22)46)21-8-4-18(5-9-21)28(44)39-3/h4-11,13-14,16-17H,12,15H2,1-3H3,(H,39,44)(H,40,41)/t16-,17-/m1/s1. The number of nitrogens with one attached hydrogen (secondary N) is 2. The van der Waals surface area contributed by atoms with E-state index in [0.29, 0.717) is 39.2 Å². The number of anilines is 1. The highest BCUT2D eigenvalue weighted by Gasteiger charge is 2.35. The number of rotatable bonds is 6. The molecule has 2 amide bonds. The van der Waals surface area contributed by atoms with Crippen LogP contribution < -0.4 is 16.2 Å². The molecule has 0 bridgehead atoms. The SMILES string of the molecule is CNC(=O)c1ccc(-n2c(N[C@H](C)c3ccc(C(F)(F)F)c(F)c3)nc3c(c2=O)C[C@@H](C)N(C(=O)c2ccc(Cl)c(Cl)c2)C3)cc1. The Hall–Kier alpha value is -4.42. The number of halogens is 6. The quantitative estimate of drug-likeness (QED) is 0.219. The molecule has 0 radical (unpaired) electrons. The zero-order valence-corrected chi connectivity index (χ0v) is 26.2. The Morgan fingerprint density at radius 3 is 2.28 bits per heavy atom. The Morgan fingerprint density at radius 1 is 1.00 bits per heavy atom. The topological polar surface area (TPSA) is 96.3 Å². The van der Waals surface area contributed by atoms with Crippen molar-refractivity contribution in [1.29, 1.82) is 0 Å². The molecule has 2 N–H and O–H groups in total. The number of amides is 2. The van der Waals surface area contributed by atoms with Crippen LogP contribution in [-0.2, 0) is 19.1 Å². The van der Waals surface area contributed by atoms with Crippen LogP contribution >= 0.6 is 23.2 Å². The van der Waals surface area contributed by atoms with Crippen LogP contribution in [0.3, 0.4) is 0 Å². The Labute approximate surface area is 271 Å². The molecule has 0 saturated carbocycles. The molecule has 46 heavy (non-hydrogen) atoms. The van der Waals surface area contributed by atoms with E-state index in [9.17, 15) is 31.9 Å². The van der Waals surface area contributed by atoms with Crippen molar-refractivity contribution in [1.82, 2.24) is 19.8 Å². The van der Waals surface area contributed by atoms with Gasteiger partial charge in [0, 0.05) is 29.8 Å². The van der Waals surface area contributed by atoms with Crippen molar-refractivity contribution in [3.05, 3.63) is 120 Å². The molecule has 1 aromatic heterocycles. The van der Waals surface area contributed by atoms with Crippen LogP contribution in [0.1, 0.15) is 63.0 Å². The average Bonchev–Trinajstić information content (AvgIpc) is 3.01. The van der Waals surface area contributed by atoms with E-state index in [0.717, 1.165) is 12.1 Å². The highest BCUT2D eigenvalue weighted by atomic mass is 35.5. The van der Waals surface area contributed by atoms with Crippen molar-refractivity contribution in [3.63, 3.8) is 0 Å². The van der Waals surface area contributed by atoms with Gasteiger partial charge in [-0.2, -0.15) is 13.2 Å². The van der Waals surface area contributed by atoms with Crippen molar-refractivity contribution in [2.24, 2.45) is 0 Å². The molecule has 0 saturated heterocycles. The summed E-state index contributed by atoms with van der Waals surface area (Å²) in [6, 6.07) is 12.0. The summed E-state index contributed by atoms with van der Waals surface area (Å²) >= 11 is 12.2. The number of nitrogens with zero attached hydrogens (tertiary/aromatic N) is 3. The summed E-state index contributed by atoms with van der Waals surface area (Å²) in [7, 11) is 1.48. The minimum Gasteiger partial charge on any atom is -0.355 e. The van der Waals surface area contributed by atoms with E-state index < -0.39 is 35.2 Å². The summed E-state index contributed by atoms with van der Waals surface area (Å²) in [6.45, 7) is 3.35. The molecule has 4 aromatic rings. The summed E-state index contributed by atoms with van der Waals surface area (Å²) in [5.74, 6) is -2.12. The van der Waals surface area contributed by atoms with Gasteiger partial charge in [-0.1, -0.05) is 29.3 Å². The third-order valence-electron chi connectivity index (χ3n) is 7.80. The lowest BCUT2D eigenvalue weighted by atomic mass is 9.98. The van der Waals surface area contributed by atoms with Gasteiger partial charge in [-0.25, -0.2) is 13.9 Å². The van der Waals surface area contributed by atoms with E-state index in [-0.39, 0.29) is 41.3 Å². The third-order valence-corrected chi connectivity index (χ3v) is 8.54. The van der Waals surface area contributed by atoms with Gasteiger partial charge in [0.25, 0.3) is 17.4 Å². The summed E-state index contributed by atoms with van der Waals surface area (Å²) in [5.41, 5.74) is -0.0112. The molecule has 5 rings (SSSR count). The van der Waals surface area contributed by atoms with Gasteiger partial charge in [0.05, 0.1) is 39.6 Å². The zero-order valence-electron chi connectivity index (χ0n) is 24.7. The fourth-order valence-electron chi connectivity index (χ4n) is 5.28. The summed E-state index contributed by atoms with van der Waals surface area (Å²) in [5, 5.41) is 6.06. The van der Waals surface area contributed by atoms with E-state index in [1.54, 1.807) is 36.9 Å². The van der Waals surface area contributed by atoms with Crippen molar-refractivity contribution in [3.8, 4) is 5.69 Å². The molecule has 1 aliphatic heterocycles. The molecule has 0 aliphatic carbocycles. The molecule has 2 heterocycles. The van der Waals surface area contributed by atoms with Gasteiger partial charge in [-0.15, -0.1) is 0 Å². The van der Waals surface area contributed by atoms with Gasteiger partial charge < -0.3 is 15.5 Å². The first-order valence-corrected chi connectivity index (χ1v) is 14.8. The smallest absolute Gasteiger partial charge is 0.355 e. The number of aromatic nitrogens is 2. The van der Waals surface area contributed by atoms with Crippen molar-refractivity contribution < 1.29 is 27.2 Å². The van der Waals surface area contributed by atoms with Crippen molar-refractivity contribution >= 4 is 41.0 Å².